The first-order chi connectivity index (χ1) is 10.4. The Hall–Kier alpha value is -1.73. The van der Waals surface area contributed by atoms with Crippen molar-refractivity contribution in [2.75, 3.05) is 13.1 Å². The third kappa shape index (κ3) is 2.44. The molecule has 1 aliphatic rings. The molecule has 1 fully saturated rings. The van der Waals surface area contributed by atoms with Crippen molar-refractivity contribution in [1.82, 2.24) is 9.88 Å². The lowest BCUT2D eigenvalue weighted by molar-refractivity contribution is 0.0625. The number of nitrogens with one attached hydrogen (secondary N) is 1. The molecule has 118 valence electrons. The highest BCUT2D eigenvalue weighted by Gasteiger charge is 2.30. The smallest absolute Gasteiger partial charge is 0.270 e. The fraction of sp³-hybridized carbons (Fsp3) is 0.357. The number of carbonyl (C=O) groups is 1. The molecule has 1 aromatic heterocycles. The molecule has 1 aromatic carbocycles. The molecule has 0 aliphatic carbocycles. The van der Waals surface area contributed by atoms with Crippen LogP contribution in [0.5, 0.6) is 0 Å². The number of aromatic nitrogens is 1. The molecule has 0 spiro atoms. The first-order valence-electron chi connectivity index (χ1n) is 6.73. The number of amides is 1. The van der Waals surface area contributed by atoms with E-state index in [4.69, 9.17) is 17.3 Å². The molecular weight excluding hydrogens is 319 g/mol. The standard InChI is InChI=1S/C14H13ClF3N3O/c15-7-3-6-4-10(20-13(6)12(18)11(7)17)14(22)21-2-1-8(16)9(19)5-21/h3-4,8-9,20H,1-2,5,19H2/t8-,9-/m0/s1. The first-order valence-corrected chi connectivity index (χ1v) is 7.11. The molecule has 2 atom stereocenters. The van der Waals surface area contributed by atoms with Crippen LogP contribution in [0.4, 0.5) is 13.2 Å². The molecule has 3 N–H and O–H groups in total. The highest BCUT2D eigenvalue weighted by atomic mass is 35.5. The third-order valence-corrected chi connectivity index (χ3v) is 4.12. The molecule has 2 aromatic rings. The number of nitrogens with zero attached hydrogens (tertiary/aromatic N) is 1. The molecule has 1 saturated heterocycles. The van der Waals surface area contributed by atoms with Crippen molar-refractivity contribution in [3.05, 3.63) is 34.5 Å². The summed E-state index contributed by atoms with van der Waals surface area (Å²) in [5, 5.41) is -0.0693. The average molecular weight is 332 g/mol. The Morgan fingerprint density at radius 1 is 1.36 bits per heavy atom. The van der Waals surface area contributed by atoms with E-state index in [1.807, 2.05) is 0 Å². The molecule has 22 heavy (non-hydrogen) atoms. The summed E-state index contributed by atoms with van der Waals surface area (Å²) in [6.07, 6.45) is -0.987. The van der Waals surface area contributed by atoms with Crippen molar-refractivity contribution < 1.29 is 18.0 Å². The number of halogens is 4. The van der Waals surface area contributed by atoms with Crippen molar-refractivity contribution in [3.63, 3.8) is 0 Å². The van der Waals surface area contributed by atoms with Crippen molar-refractivity contribution >= 4 is 28.4 Å². The maximum absolute atomic E-state index is 13.8. The van der Waals surface area contributed by atoms with Crippen LogP contribution in [0, 0.1) is 11.6 Å². The fourth-order valence-corrected chi connectivity index (χ4v) is 2.80. The van der Waals surface area contributed by atoms with Crippen LogP contribution in [0.1, 0.15) is 16.9 Å². The molecular formula is C14H13ClF3N3O. The van der Waals surface area contributed by atoms with Gasteiger partial charge in [0.05, 0.1) is 16.6 Å². The highest BCUT2D eigenvalue weighted by Crippen LogP contribution is 2.28. The summed E-state index contributed by atoms with van der Waals surface area (Å²) in [5.41, 5.74) is 5.57. The van der Waals surface area contributed by atoms with Gasteiger partial charge in [0.2, 0.25) is 0 Å². The van der Waals surface area contributed by atoms with Gasteiger partial charge in [-0.25, -0.2) is 13.2 Å². The monoisotopic (exact) mass is 331 g/mol. The number of aromatic amines is 1. The van der Waals surface area contributed by atoms with E-state index in [1.165, 1.54) is 17.0 Å². The van der Waals surface area contributed by atoms with E-state index in [2.05, 4.69) is 4.98 Å². The number of H-pyrrole nitrogens is 1. The minimum absolute atomic E-state index is 0.0764. The van der Waals surface area contributed by atoms with Gasteiger partial charge in [-0.15, -0.1) is 0 Å². The zero-order valence-corrected chi connectivity index (χ0v) is 12.1. The van der Waals surface area contributed by atoms with E-state index < -0.39 is 29.8 Å². The van der Waals surface area contributed by atoms with Crippen LogP contribution in [0.3, 0.4) is 0 Å². The van der Waals surface area contributed by atoms with Gasteiger partial charge in [0.15, 0.2) is 11.6 Å². The Balaban J connectivity index is 1.93. The number of carbonyl (C=O) groups excluding carboxylic acids is 1. The van der Waals surface area contributed by atoms with Gasteiger partial charge in [0.1, 0.15) is 11.9 Å². The SMILES string of the molecule is N[C@H]1CN(C(=O)c2cc3cc(Cl)c(F)c(F)c3[nH]2)CC[C@@H]1F. The van der Waals surface area contributed by atoms with Gasteiger partial charge < -0.3 is 15.6 Å². The minimum atomic E-state index is -1.17. The fourth-order valence-electron chi connectivity index (χ4n) is 2.60. The predicted molar refractivity (Wildman–Crippen MR) is 76.6 cm³/mol. The summed E-state index contributed by atoms with van der Waals surface area (Å²) in [6, 6.07) is 1.88. The number of benzene rings is 1. The first kappa shape index (κ1) is 15.2. The molecule has 2 heterocycles. The lowest BCUT2D eigenvalue weighted by atomic mass is 10.0. The summed E-state index contributed by atoms with van der Waals surface area (Å²) >= 11 is 5.58. The van der Waals surface area contributed by atoms with Gasteiger partial charge in [-0.05, 0) is 18.6 Å². The Morgan fingerprint density at radius 3 is 2.77 bits per heavy atom. The molecule has 8 heteroatoms. The molecule has 0 bridgehead atoms. The molecule has 1 aliphatic heterocycles. The lowest BCUT2D eigenvalue weighted by Crippen LogP contribution is -2.51. The summed E-state index contributed by atoms with van der Waals surface area (Å²) in [4.78, 5) is 16.3. The van der Waals surface area contributed by atoms with Crippen LogP contribution in [0.25, 0.3) is 10.9 Å². The molecule has 3 rings (SSSR count). The lowest BCUT2D eigenvalue weighted by Gasteiger charge is -2.32. The number of likely N-dealkylation sites (tertiary alicyclic amines) is 1. The predicted octanol–water partition coefficient (Wildman–Crippen LogP) is 2.61. The third-order valence-electron chi connectivity index (χ3n) is 3.84. The van der Waals surface area contributed by atoms with E-state index in [9.17, 15) is 18.0 Å². The van der Waals surface area contributed by atoms with Gasteiger partial charge in [-0.1, -0.05) is 11.6 Å². The van der Waals surface area contributed by atoms with E-state index in [0.717, 1.165) is 0 Å². The number of hydrogen-bond donors (Lipinski definition) is 2. The van der Waals surface area contributed by atoms with Gasteiger partial charge in [0.25, 0.3) is 5.91 Å². The quantitative estimate of drug-likeness (QED) is 0.789. The second-order valence-electron chi connectivity index (χ2n) is 5.35. The Morgan fingerprint density at radius 2 is 2.09 bits per heavy atom. The summed E-state index contributed by atoms with van der Waals surface area (Å²) in [6.45, 7) is 0.299. The van der Waals surface area contributed by atoms with Crippen molar-refractivity contribution in [3.8, 4) is 0 Å². The largest absolute Gasteiger partial charge is 0.348 e. The van der Waals surface area contributed by atoms with Gasteiger partial charge in [0, 0.05) is 18.5 Å². The van der Waals surface area contributed by atoms with Crippen LogP contribution >= 0.6 is 11.6 Å². The Labute approximate surface area is 129 Å². The average Bonchev–Trinajstić information content (AvgIpc) is 2.91. The number of alkyl halides is 1. The maximum Gasteiger partial charge on any atom is 0.270 e. The molecule has 0 saturated carbocycles. The number of hydrogen-bond acceptors (Lipinski definition) is 2. The number of piperidine rings is 1. The van der Waals surface area contributed by atoms with Crippen molar-refractivity contribution in [1.29, 1.82) is 0 Å². The van der Waals surface area contributed by atoms with E-state index >= 15 is 0 Å². The molecule has 0 unspecified atom stereocenters. The maximum atomic E-state index is 13.8. The number of fused-ring (bicyclic) bond motifs is 1. The van der Waals surface area contributed by atoms with Gasteiger partial charge in [-0.2, -0.15) is 0 Å². The van der Waals surface area contributed by atoms with Crippen LogP contribution in [0.2, 0.25) is 5.02 Å². The topological polar surface area (TPSA) is 62.1 Å². The second kappa shape index (κ2) is 5.48. The number of rotatable bonds is 1. The minimum Gasteiger partial charge on any atom is -0.348 e. The van der Waals surface area contributed by atoms with Crippen LogP contribution < -0.4 is 5.73 Å². The van der Waals surface area contributed by atoms with Crippen molar-refractivity contribution in [2.24, 2.45) is 5.73 Å². The van der Waals surface area contributed by atoms with Crippen LogP contribution in [-0.2, 0) is 0 Å². The molecule has 1 amide bonds. The Bertz CT molecular complexity index is 748. The van der Waals surface area contributed by atoms with Crippen LogP contribution in [0.15, 0.2) is 12.1 Å². The highest BCUT2D eigenvalue weighted by molar-refractivity contribution is 6.31. The normalized spacial score (nSPS) is 22.3. The molecule has 0 radical (unpaired) electrons. The van der Waals surface area contributed by atoms with Crippen LogP contribution in [-0.4, -0.2) is 41.1 Å². The summed E-state index contributed by atoms with van der Waals surface area (Å²) in [7, 11) is 0. The second-order valence-corrected chi connectivity index (χ2v) is 5.76. The zero-order valence-electron chi connectivity index (χ0n) is 11.4. The summed E-state index contributed by atoms with van der Waals surface area (Å²) < 4.78 is 40.6. The zero-order chi connectivity index (χ0) is 16.0. The Kier molecular flexibility index (Phi) is 3.78. The molecule has 4 nitrogen and oxygen atoms in total. The van der Waals surface area contributed by atoms with Crippen molar-refractivity contribution in [2.45, 2.75) is 18.6 Å². The summed E-state index contributed by atoms with van der Waals surface area (Å²) in [5.74, 6) is -2.74. The van der Waals surface area contributed by atoms with Gasteiger partial charge in [-0.3, -0.25) is 4.79 Å². The van der Waals surface area contributed by atoms with E-state index in [-0.39, 0.29) is 41.1 Å². The van der Waals surface area contributed by atoms with E-state index in [1.54, 1.807) is 0 Å². The van der Waals surface area contributed by atoms with Gasteiger partial charge >= 0.3 is 0 Å². The number of nitrogens with two attached hydrogens (primary N) is 1. The van der Waals surface area contributed by atoms with E-state index in [0.29, 0.717) is 0 Å².